The van der Waals surface area contributed by atoms with Crippen molar-refractivity contribution in [2.45, 2.75) is 6.18 Å². The number of Topliss-reactive ketones (excluding diaryl/α,β-unsaturated/α-hetero) is 1. The van der Waals surface area contributed by atoms with Crippen LogP contribution in [0.25, 0.3) is 0 Å². The molecule has 0 aliphatic carbocycles. The Bertz CT molecular complexity index is 882. The molecule has 6 nitrogen and oxygen atoms in total. The number of esters is 1. The molecule has 0 aliphatic rings. The van der Waals surface area contributed by atoms with E-state index < -0.39 is 46.3 Å². The van der Waals surface area contributed by atoms with E-state index in [4.69, 9.17) is 11.6 Å². The standard InChI is InChI=1S/C16H9ClF3NO5/c17-11-4-5-12(13(7-11)21(24)25)15(23)26-8-14(22)9-2-1-3-10(6-9)16(18,19)20/h1-7H,8H2. The van der Waals surface area contributed by atoms with Gasteiger partial charge in [0, 0.05) is 16.7 Å². The lowest BCUT2D eigenvalue weighted by atomic mass is 10.1. The van der Waals surface area contributed by atoms with Gasteiger partial charge < -0.3 is 4.74 Å². The van der Waals surface area contributed by atoms with E-state index in [1.54, 1.807) is 0 Å². The molecule has 0 spiro atoms. The smallest absolute Gasteiger partial charge is 0.416 e. The van der Waals surface area contributed by atoms with Crippen LogP contribution in [0, 0.1) is 10.1 Å². The Balaban J connectivity index is 2.13. The average molecular weight is 388 g/mol. The third-order valence-electron chi connectivity index (χ3n) is 3.22. The minimum absolute atomic E-state index is 0.0216. The molecule has 0 saturated carbocycles. The zero-order valence-electron chi connectivity index (χ0n) is 12.7. The lowest BCUT2D eigenvalue weighted by Gasteiger charge is -2.09. The number of hydrogen-bond acceptors (Lipinski definition) is 5. The first-order chi connectivity index (χ1) is 12.1. The highest BCUT2D eigenvalue weighted by Gasteiger charge is 2.31. The van der Waals surface area contributed by atoms with Gasteiger partial charge in [-0.15, -0.1) is 0 Å². The predicted molar refractivity (Wildman–Crippen MR) is 84.2 cm³/mol. The molecule has 0 saturated heterocycles. The summed E-state index contributed by atoms with van der Waals surface area (Å²) < 4.78 is 42.6. The summed E-state index contributed by atoms with van der Waals surface area (Å²) >= 11 is 5.62. The highest BCUT2D eigenvalue weighted by molar-refractivity contribution is 6.31. The number of benzene rings is 2. The molecule has 0 atom stereocenters. The molecule has 0 heterocycles. The van der Waals surface area contributed by atoms with E-state index in [0.717, 1.165) is 30.3 Å². The number of ketones is 1. The minimum Gasteiger partial charge on any atom is -0.454 e. The van der Waals surface area contributed by atoms with Gasteiger partial charge in [-0.1, -0.05) is 23.7 Å². The number of ether oxygens (including phenoxy) is 1. The first-order valence-electron chi connectivity index (χ1n) is 6.91. The highest BCUT2D eigenvalue weighted by Crippen LogP contribution is 2.29. The lowest BCUT2D eigenvalue weighted by molar-refractivity contribution is -0.385. The van der Waals surface area contributed by atoms with Crippen LogP contribution in [0.15, 0.2) is 42.5 Å². The van der Waals surface area contributed by atoms with E-state index in [1.807, 2.05) is 0 Å². The van der Waals surface area contributed by atoms with E-state index >= 15 is 0 Å². The molecule has 0 N–H and O–H groups in total. The van der Waals surface area contributed by atoms with Crippen LogP contribution in [0.1, 0.15) is 26.3 Å². The van der Waals surface area contributed by atoms with Crippen LogP contribution in [0.5, 0.6) is 0 Å². The van der Waals surface area contributed by atoms with E-state index in [0.29, 0.717) is 6.07 Å². The highest BCUT2D eigenvalue weighted by atomic mass is 35.5. The van der Waals surface area contributed by atoms with Crippen LogP contribution in [0.2, 0.25) is 5.02 Å². The van der Waals surface area contributed by atoms with Crippen molar-refractivity contribution in [1.82, 2.24) is 0 Å². The molecule has 0 radical (unpaired) electrons. The maximum Gasteiger partial charge on any atom is 0.416 e. The molecule has 0 bridgehead atoms. The molecular formula is C16H9ClF3NO5. The van der Waals surface area contributed by atoms with E-state index in [1.165, 1.54) is 6.07 Å². The average Bonchev–Trinajstić information content (AvgIpc) is 2.58. The van der Waals surface area contributed by atoms with Crippen LogP contribution >= 0.6 is 11.6 Å². The number of carbonyl (C=O) groups excluding carboxylic acids is 2. The molecule has 0 unspecified atom stereocenters. The van der Waals surface area contributed by atoms with Crippen LogP contribution in [0.4, 0.5) is 18.9 Å². The van der Waals surface area contributed by atoms with Gasteiger partial charge in [-0.05, 0) is 24.3 Å². The maximum absolute atomic E-state index is 12.6. The predicted octanol–water partition coefficient (Wildman–Crippen LogP) is 4.31. The van der Waals surface area contributed by atoms with Crippen molar-refractivity contribution in [3.63, 3.8) is 0 Å². The van der Waals surface area contributed by atoms with Gasteiger partial charge in [-0.25, -0.2) is 4.79 Å². The number of hydrogen-bond donors (Lipinski definition) is 0. The van der Waals surface area contributed by atoms with Gasteiger partial charge in [0.1, 0.15) is 5.56 Å². The molecule has 2 aromatic carbocycles. The number of nitrogens with zero attached hydrogens (tertiary/aromatic N) is 1. The molecule has 136 valence electrons. The van der Waals surface area contributed by atoms with E-state index in [2.05, 4.69) is 4.74 Å². The summed E-state index contributed by atoms with van der Waals surface area (Å²) in [4.78, 5) is 34.0. The van der Waals surface area contributed by atoms with Crippen molar-refractivity contribution in [3.8, 4) is 0 Å². The third kappa shape index (κ3) is 4.57. The minimum atomic E-state index is -4.63. The molecular weight excluding hydrogens is 379 g/mol. The summed E-state index contributed by atoms with van der Waals surface area (Å²) in [5.41, 5.74) is -2.38. The fourth-order valence-corrected chi connectivity index (χ4v) is 2.16. The van der Waals surface area contributed by atoms with Crippen molar-refractivity contribution in [2.75, 3.05) is 6.61 Å². The van der Waals surface area contributed by atoms with Crippen molar-refractivity contribution in [2.24, 2.45) is 0 Å². The number of nitro benzene ring substituents is 1. The largest absolute Gasteiger partial charge is 0.454 e. The summed E-state index contributed by atoms with van der Waals surface area (Å²) in [6.07, 6.45) is -4.63. The summed E-state index contributed by atoms with van der Waals surface area (Å²) in [6, 6.07) is 6.81. The van der Waals surface area contributed by atoms with Crippen LogP contribution in [-0.4, -0.2) is 23.3 Å². The second-order valence-corrected chi connectivity index (χ2v) is 5.43. The Labute approximate surface area is 149 Å². The van der Waals surface area contributed by atoms with Gasteiger partial charge in [0.05, 0.1) is 10.5 Å². The Morgan fingerprint density at radius 1 is 1.15 bits per heavy atom. The van der Waals surface area contributed by atoms with Gasteiger partial charge >= 0.3 is 12.1 Å². The van der Waals surface area contributed by atoms with Crippen LogP contribution in [0.3, 0.4) is 0 Å². The van der Waals surface area contributed by atoms with Crippen molar-refractivity contribution < 1.29 is 32.4 Å². The monoisotopic (exact) mass is 387 g/mol. The second kappa shape index (κ2) is 7.52. The quantitative estimate of drug-likeness (QED) is 0.330. The maximum atomic E-state index is 12.6. The molecule has 10 heteroatoms. The van der Waals surface area contributed by atoms with Gasteiger partial charge in [0.2, 0.25) is 0 Å². The first kappa shape index (κ1) is 19.4. The van der Waals surface area contributed by atoms with Gasteiger partial charge in [0.25, 0.3) is 5.69 Å². The van der Waals surface area contributed by atoms with E-state index in [9.17, 15) is 32.9 Å². The van der Waals surface area contributed by atoms with Crippen LogP contribution < -0.4 is 0 Å². The second-order valence-electron chi connectivity index (χ2n) is 5.00. The Kier molecular flexibility index (Phi) is 5.61. The summed E-state index contributed by atoms with van der Waals surface area (Å²) in [7, 11) is 0. The number of carbonyl (C=O) groups is 2. The number of rotatable bonds is 5. The zero-order valence-corrected chi connectivity index (χ0v) is 13.5. The SMILES string of the molecule is O=C(COC(=O)c1ccc(Cl)cc1[N+](=O)[O-])c1cccc(C(F)(F)F)c1. The van der Waals surface area contributed by atoms with Gasteiger partial charge in [-0.3, -0.25) is 14.9 Å². The fourth-order valence-electron chi connectivity index (χ4n) is 1.99. The Morgan fingerprint density at radius 3 is 2.46 bits per heavy atom. The Morgan fingerprint density at radius 2 is 1.85 bits per heavy atom. The van der Waals surface area contributed by atoms with Crippen molar-refractivity contribution in [3.05, 3.63) is 74.3 Å². The number of halogens is 4. The molecule has 26 heavy (non-hydrogen) atoms. The molecule has 0 aromatic heterocycles. The number of nitro groups is 1. The molecule has 2 aromatic rings. The van der Waals surface area contributed by atoms with Crippen molar-refractivity contribution in [1.29, 1.82) is 0 Å². The number of alkyl halides is 3. The summed E-state index contributed by atoms with van der Waals surface area (Å²) in [6.45, 7) is -0.875. The lowest BCUT2D eigenvalue weighted by Crippen LogP contribution is -2.16. The topological polar surface area (TPSA) is 86.5 Å². The molecule has 0 aliphatic heterocycles. The summed E-state index contributed by atoms with van der Waals surface area (Å²) in [5, 5.41) is 11.0. The van der Waals surface area contributed by atoms with E-state index in [-0.39, 0.29) is 10.6 Å². The first-order valence-corrected chi connectivity index (χ1v) is 7.29. The van der Waals surface area contributed by atoms with Crippen LogP contribution in [-0.2, 0) is 10.9 Å². The van der Waals surface area contributed by atoms with Crippen molar-refractivity contribution >= 4 is 29.0 Å². The third-order valence-corrected chi connectivity index (χ3v) is 3.46. The van der Waals surface area contributed by atoms with Gasteiger partial charge in [-0.2, -0.15) is 13.2 Å². The molecule has 0 fully saturated rings. The zero-order chi connectivity index (χ0) is 19.5. The fraction of sp³-hybridized carbons (Fsp3) is 0.125. The molecule has 0 amide bonds. The van der Waals surface area contributed by atoms with Gasteiger partial charge in [0.15, 0.2) is 12.4 Å². The normalized spacial score (nSPS) is 11.1. The Hall–Kier alpha value is -2.94. The summed E-state index contributed by atoms with van der Waals surface area (Å²) in [5.74, 6) is -2.06. The molecule has 2 rings (SSSR count).